The van der Waals surface area contributed by atoms with Crippen molar-refractivity contribution in [2.45, 2.75) is 59.3 Å². The van der Waals surface area contributed by atoms with Crippen molar-refractivity contribution in [3.8, 4) is 0 Å². The van der Waals surface area contributed by atoms with E-state index in [4.69, 9.17) is 0 Å². The van der Waals surface area contributed by atoms with Crippen LogP contribution in [0.15, 0.2) is 12.2 Å². The highest BCUT2D eigenvalue weighted by molar-refractivity contribution is 5.58. The van der Waals surface area contributed by atoms with Crippen molar-refractivity contribution in [1.82, 2.24) is 0 Å². The maximum Gasteiger partial charge on any atom is 0.125 e. The summed E-state index contributed by atoms with van der Waals surface area (Å²) in [5.41, 5.74) is -0.0689. The van der Waals surface area contributed by atoms with Gasteiger partial charge in [-0.1, -0.05) is 38.8 Å². The average Bonchev–Trinajstić information content (AvgIpc) is 2.23. The van der Waals surface area contributed by atoms with Crippen LogP contribution in [0.1, 0.15) is 59.3 Å². The van der Waals surface area contributed by atoms with Crippen molar-refractivity contribution in [2.24, 2.45) is 5.41 Å². The van der Waals surface area contributed by atoms with Crippen molar-refractivity contribution >= 4 is 6.29 Å². The smallest absolute Gasteiger partial charge is 0.125 e. The molecule has 0 saturated heterocycles. The van der Waals surface area contributed by atoms with Crippen LogP contribution in [-0.2, 0) is 4.79 Å². The number of unbranched alkanes of at least 4 members (excludes halogenated alkanes) is 3. The van der Waals surface area contributed by atoms with Crippen LogP contribution in [0, 0.1) is 5.41 Å². The lowest BCUT2D eigenvalue weighted by Gasteiger charge is -2.20. The van der Waals surface area contributed by atoms with E-state index >= 15 is 0 Å². The molecule has 0 rings (SSSR count). The topological polar surface area (TPSA) is 17.1 Å². The van der Waals surface area contributed by atoms with E-state index in [-0.39, 0.29) is 5.41 Å². The van der Waals surface area contributed by atoms with E-state index in [2.05, 4.69) is 32.9 Å². The first kappa shape index (κ1) is 13.4. The van der Waals surface area contributed by atoms with Gasteiger partial charge in [-0.15, -0.1) is 0 Å². The van der Waals surface area contributed by atoms with Gasteiger partial charge in [0.05, 0.1) is 0 Å². The van der Waals surface area contributed by atoms with E-state index in [0.717, 1.165) is 19.1 Å². The predicted octanol–water partition coefficient (Wildman–Crippen LogP) is 4.13. The zero-order valence-corrected chi connectivity index (χ0v) is 9.88. The molecule has 0 aromatic rings. The molecule has 0 N–H and O–H groups in total. The van der Waals surface area contributed by atoms with Gasteiger partial charge in [-0.05, 0) is 32.6 Å². The highest BCUT2D eigenvalue weighted by atomic mass is 16.1. The van der Waals surface area contributed by atoms with Crippen LogP contribution in [0.4, 0.5) is 0 Å². The third kappa shape index (κ3) is 5.95. The molecule has 0 spiro atoms. The second-order valence-corrected chi connectivity index (χ2v) is 4.29. The fraction of sp³-hybridized carbons (Fsp3) is 0.769. The lowest BCUT2D eigenvalue weighted by molar-refractivity contribution is -0.116. The molecule has 0 aromatic heterocycles. The SMILES string of the molecule is CC=CCCCCCC(C)(C=O)CC. The number of hydrogen-bond acceptors (Lipinski definition) is 1. The summed E-state index contributed by atoms with van der Waals surface area (Å²) in [4.78, 5) is 10.8. The lowest BCUT2D eigenvalue weighted by atomic mass is 9.84. The van der Waals surface area contributed by atoms with E-state index in [1.165, 1.54) is 25.7 Å². The molecular formula is C13H24O. The van der Waals surface area contributed by atoms with E-state index in [1.54, 1.807) is 0 Å². The Balaban J connectivity index is 3.47. The Labute approximate surface area is 88.6 Å². The average molecular weight is 196 g/mol. The van der Waals surface area contributed by atoms with Gasteiger partial charge in [0, 0.05) is 5.41 Å². The van der Waals surface area contributed by atoms with E-state index < -0.39 is 0 Å². The van der Waals surface area contributed by atoms with E-state index in [1.807, 2.05) is 0 Å². The van der Waals surface area contributed by atoms with Crippen LogP contribution in [0.5, 0.6) is 0 Å². The molecule has 1 atom stereocenters. The fourth-order valence-corrected chi connectivity index (χ4v) is 1.45. The summed E-state index contributed by atoms with van der Waals surface area (Å²) in [5, 5.41) is 0. The monoisotopic (exact) mass is 196 g/mol. The zero-order chi connectivity index (χ0) is 10.9. The normalized spacial score (nSPS) is 15.6. The molecule has 0 aliphatic carbocycles. The number of rotatable bonds is 8. The van der Waals surface area contributed by atoms with Crippen molar-refractivity contribution < 1.29 is 4.79 Å². The number of carbonyl (C=O) groups excluding carboxylic acids is 1. The summed E-state index contributed by atoms with van der Waals surface area (Å²) in [5.74, 6) is 0. The number of allylic oxidation sites excluding steroid dienone is 2. The minimum absolute atomic E-state index is 0.0689. The third-order valence-electron chi connectivity index (χ3n) is 2.95. The standard InChI is InChI=1S/C13H24O/c1-4-6-7-8-9-10-11-13(3,5-2)12-14/h4,6,12H,5,7-11H2,1-3H3. The Kier molecular flexibility index (Phi) is 7.45. The zero-order valence-electron chi connectivity index (χ0n) is 9.88. The van der Waals surface area contributed by atoms with Crippen LogP contribution in [0.2, 0.25) is 0 Å². The number of aldehydes is 1. The predicted molar refractivity (Wildman–Crippen MR) is 62.4 cm³/mol. The highest BCUT2D eigenvalue weighted by Gasteiger charge is 2.19. The number of hydrogen-bond donors (Lipinski definition) is 0. The summed E-state index contributed by atoms with van der Waals surface area (Å²) in [7, 11) is 0. The molecule has 0 amide bonds. The number of carbonyl (C=O) groups is 1. The van der Waals surface area contributed by atoms with Gasteiger partial charge in [-0.25, -0.2) is 0 Å². The summed E-state index contributed by atoms with van der Waals surface area (Å²) in [6.45, 7) is 6.21. The molecule has 14 heavy (non-hydrogen) atoms. The maximum atomic E-state index is 10.8. The molecule has 0 aromatic carbocycles. The minimum atomic E-state index is -0.0689. The Morgan fingerprint density at radius 3 is 2.43 bits per heavy atom. The van der Waals surface area contributed by atoms with Crippen molar-refractivity contribution in [3.05, 3.63) is 12.2 Å². The minimum Gasteiger partial charge on any atom is -0.303 e. The second-order valence-electron chi connectivity index (χ2n) is 4.29. The summed E-state index contributed by atoms with van der Waals surface area (Å²) >= 11 is 0. The molecule has 0 saturated carbocycles. The van der Waals surface area contributed by atoms with Crippen LogP contribution in [-0.4, -0.2) is 6.29 Å². The Bertz CT molecular complexity index is 172. The molecule has 0 bridgehead atoms. The van der Waals surface area contributed by atoms with Gasteiger partial charge < -0.3 is 4.79 Å². The summed E-state index contributed by atoms with van der Waals surface area (Å²) < 4.78 is 0. The van der Waals surface area contributed by atoms with Gasteiger partial charge >= 0.3 is 0 Å². The molecule has 1 unspecified atom stereocenters. The molecular weight excluding hydrogens is 172 g/mol. The van der Waals surface area contributed by atoms with Crippen molar-refractivity contribution in [2.75, 3.05) is 0 Å². The van der Waals surface area contributed by atoms with Gasteiger partial charge in [0.15, 0.2) is 0 Å². The second kappa shape index (κ2) is 7.78. The van der Waals surface area contributed by atoms with E-state index in [0.29, 0.717) is 0 Å². The van der Waals surface area contributed by atoms with Crippen LogP contribution < -0.4 is 0 Å². The Hall–Kier alpha value is -0.590. The van der Waals surface area contributed by atoms with Gasteiger partial charge in [-0.2, -0.15) is 0 Å². The molecule has 1 heteroatoms. The first-order valence-electron chi connectivity index (χ1n) is 5.76. The lowest BCUT2D eigenvalue weighted by Crippen LogP contribution is -2.16. The third-order valence-corrected chi connectivity index (χ3v) is 2.95. The first-order valence-corrected chi connectivity index (χ1v) is 5.76. The van der Waals surface area contributed by atoms with Gasteiger partial charge in [-0.3, -0.25) is 0 Å². The Morgan fingerprint density at radius 2 is 1.93 bits per heavy atom. The Morgan fingerprint density at radius 1 is 1.21 bits per heavy atom. The molecule has 82 valence electrons. The highest BCUT2D eigenvalue weighted by Crippen LogP contribution is 2.25. The van der Waals surface area contributed by atoms with Crippen molar-refractivity contribution in [1.29, 1.82) is 0 Å². The molecule has 0 heterocycles. The molecule has 0 fully saturated rings. The van der Waals surface area contributed by atoms with Crippen LogP contribution in [0.3, 0.4) is 0 Å². The van der Waals surface area contributed by atoms with Crippen LogP contribution >= 0.6 is 0 Å². The van der Waals surface area contributed by atoms with Gasteiger partial charge in [0.2, 0.25) is 0 Å². The quantitative estimate of drug-likeness (QED) is 0.324. The maximum absolute atomic E-state index is 10.8. The first-order chi connectivity index (χ1) is 6.68. The van der Waals surface area contributed by atoms with Gasteiger partial charge in [0.25, 0.3) is 0 Å². The molecule has 0 aliphatic heterocycles. The molecule has 0 aliphatic rings. The summed E-state index contributed by atoms with van der Waals surface area (Å²) in [6.07, 6.45) is 12.3. The van der Waals surface area contributed by atoms with Gasteiger partial charge in [0.1, 0.15) is 6.29 Å². The van der Waals surface area contributed by atoms with Crippen molar-refractivity contribution in [3.63, 3.8) is 0 Å². The summed E-state index contributed by atoms with van der Waals surface area (Å²) in [6, 6.07) is 0. The molecule has 1 nitrogen and oxygen atoms in total. The largest absolute Gasteiger partial charge is 0.303 e. The molecule has 0 radical (unpaired) electrons. The fourth-order valence-electron chi connectivity index (χ4n) is 1.45. The van der Waals surface area contributed by atoms with E-state index in [9.17, 15) is 4.79 Å². The van der Waals surface area contributed by atoms with Crippen LogP contribution in [0.25, 0.3) is 0 Å².